The Morgan fingerprint density at radius 2 is 1.73 bits per heavy atom. The third kappa shape index (κ3) is 1.57. The van der Waals surface area contributed by atoms with Crippen molar-refractivity contribution in [1.29, 1.82) is 0 Å². The van der Waals surface area contributed by atoms with E-state index in [1.165, 1.54) is 39.0 Å². The van der Waals surface area contributed by atoms with E-state index in [1.54, 1.807) is 5.57 Å². The van der Waals surface area contributed by atoms with Crippen LogP contribution in [0.5, 0.6) is 0 Å². The van der Waals surface area contributed by atoms with Crippen molar-refractivity contribution in [2.45, 2.75) is 40.0 Å². The number of aromatic amines is 1. The fourth-order valence-electron chi connectivity index (χ4n) is 4.03. The molecule has 0 spiro atoms. The van der Waals surface area contributed by atoms with E-state index >= 15 is 0 Å². The van der Waals surface area contributed by atoms with Gasteiger partial charge in [0.2, 0.25) is 0 Å². The first-order chi connectivity index (χ1) is 10.4. The molecule has 3 aromatic rings. The summed E-state index contributed by atoms with van der Waals surface area (Å²) in [7, 11) is 4.40. The minimum absolute atomic E-state index is 0.542. The molecule has 22 heavy (non-hydrogen) atoms. The number of fused-ring (bicyclic) bond motifs is 5. The van der Waals surface area contributed by atoms with E-state index in [0.29, 0.717) is 11.8 Å². The molecule has 0 bridgehead atoms. The minimum atomic E-state index is 0.542. The molecule has 0 saturated heterocycles. The van der Waals surface area contributed by atoms with Gasteiger partial charge in [-0.2, -0.15) is 0 Å². The first-order valence-electron chi connectivity index (χ1n) is 8.29. The summed E-state index contributed by atoms with van der Waals surface area (Å²) < 4.78 is 4.74. The maximum atomic E-state index is 3.70. The van der Waals surface area contributed by atoms with Crippen molar-refractivity contribution in [2.24, 2.45) is 20.0 Å². The van der Waals surface area contributed by atoms with Crippen LogP contribution >= 0.6 is 0 Å². The third-order valence-corrected chi connectivity index (χ3v) is 5.33. The number of nitrogens with zero attached hydrogens (tertiary/aromatic N) is 2. The van der Waals surface area contributed by atoms with E-state index in [-0.39, 0.29) is 0 Å². The summed E-state index contributed by atoms with van der Waals surface area (Å²) in [4.78, 5) is 3.70. The van der Waals surface area contributed by atoms with Gasteiger partial charge in [0.1, 0.15) is 0 Å². The molecule has 3 heterocycles. The van der Waals surface area contributed by atoms with Crippen molar-refractivity contribution in [3.05, 3.63) is 28.6 Å². The molecule has 4 rings (SSSR count). The van der Waals surface area contributed by atoms with E-state index in [0.717, 1.165) is 6.42 Å². The molecule has 116 valence electrons. The van der Waals surface area contributed by atoms with E-state index in [9.17, 15) is 0 Å². The van der Waals surface area contributed by atoms with E-state index in [4.69, 9.17) is 0 Å². The first kappa shape index (κ1) is 13.7. The second kappa shape index (κ2) is 4.31. The maximum absolute atomic E-state index is 3.70. The van der Waals surface area contributed by atoms with Gasteiger partial charge in [0, 0.05) is 31.0 Å². The van der Waals surface area contributed by atoms with Gasteiger partial charge in [0.25, 0.3) is 0 Å². The number of aromatic nitrogens is 3. The highest BCUT2D eigenvalue weighted by Gasteiger charge is 2.26. The summed E-state index contributed by atoms with van der Waals surface area (Å²) in [6.45, 7) is 9.09. The van der Waals surface area contributed by atoms with Crippen molar-refractivity contribution < 1.29 is 0 Å². The normalized spacial score (nSPS) is 14.8. The predicted molar refractivity (Wildman–Crippen MR) is 94.4 cm³/mol. The molecule has 0 atom stereocenters. The highest BCUT2D eigenvalue weighted by atomic mass is 15.1. The monoisotopic (exact) mass is 295 g/mol. The van der Waals surface area contributed by atoms with Crippen LogP contribution in [-0.2, 0) is 20.5 Å². The van der Waals surface area contributed by atoms with Crippen molar-refractivity contribution in [1.82, 2.24) is 14.1 Å². The summed E-state index contributed by atoms with van der Waals surface area (Å²) in [6, 6.07) is 2.32. The predicted octanol–water partition coefficient (Wildman–Crippen LogP) is 4.72. The molecule has 0 aliphatic heterocycles. The number of aryl methyl sites for hydroxylation is 2. The van der Waals surface area contributed by atoms with Gasteiger partial charge >= 0.3 is 0 Å². The summed E-state index contributed by atoms with van der Waals surface area (Å²) in [5.41, 5.74) is 11.1. The smallest absolute Gasteiger partial charge is 0.0913 e. The average molecular weight is 295 g/mol. The lowest BCUT2D eigenvalue weighted by Crippen LogP contribution is -1.99. The summed E-state index contributed by atoms with van der Waals surface area (Å²) in [5, 5.41) is 0. The molecule has 0 radical (unpaired) electrons. The Bertz CT molecular complexity index is 925. The zero-order valence-electron chi connectivity index (χ0n) is 14.4. The number of rotatable bonds is 2. The van der Waals surface area contributed by atoms with Gasteiger partial charge in [-0.05, 0) is 30.4 Å². The molecule has 0 fully saturated rings. The minimum Gasteiger partial charge on any atom is -0.352 e. The van der Waals surface area contributed by atoms with Crippen LogP contribution in [0.1, 0.15) is 50.6 Å². The lowest BCUT2D eigenvalue weighted by molar-refractivity contribution is 0.754. The first-order valence-corrected chi connectivity index (χ1v) is 8.29. The second-order valence-electron chi connectivity index (χ2n) is 7.37. The van der Waals surface area contributed by atoms with E-state index in [2.05, 4.69) is 68.1 Å². The van der Waals surface area contributed by atoms with Gasteiger partial charge in [0.05, 0.1) is 22.1 Å². The number of hydrogen-bond acceptors (Lipinski definition) is 0. The molecule has 0 unspecified atom stereocenters. The van der Waals surface area contributed by atoms with Gasteiger partial charge in [-0.25, -0.2) is 0 Å². The number of hydrogen-bond donors (Lipinski definition) is 1. The summed E-state index contributed by atoms with van der Waals surface area (Å²) in [5.74, 6) is 1.17. The Hall–Kier alpha value is -1.90. The van der Waals surface area contributed by atoms with Crippen LogP contribution in [-0.4, -0.2) is 14.1 Å². The van der Waals surface area contributed by atoms with Crippen LogP contribution in [0.15, 0.2) is 11.6 Å². The van der Waals surface area contributed by atoms with Crippen LogP contribution in [0.3, 0.4) is 0 Å². The second-order valence-corrected chi connectivity index (χ2v) is 7.37. The largest absolute Gasteiger partial charge is 0.352 e. The summed E-state index contributed by atoms with van der Waals surface area (Å²) >= 11 is 0. The lowest BCUT2D eigenvalue weighted by Gasteiger charge is -2.08. The standard InChI is InChI=1S/C19H25N3/c1-10(2)12-7-13-16(8-12)22(6)19-17(13)20-14-9-15(11(3)4)21(5)18(14)19/h8-11,20H,7H2,1-6H3. The Morgan fingerprint density at radius 1 is 1.00 bits per heavy atom. The van der Waals surface area contributed by atoms with Crippen molar-refractivity contribution in [3.63, 3.8) is 0 Å². The van der Waals surface area contributed by atoms with E-state index in [1.807, 2.05) is 0 Å². The van der Waals surface area contributed by atoms with E-state index < -0.39 is 0 Å². The number of H-pyrrole nitrogens is 1. The van der Waals surface area contributed by atoms with Gasteiger partial charge in [-0.15, -0.1) is 0 Å². The zero-order chi connectivity index (χ0) is 15.8. The number of allylic oxidation sites excluding steroid dienone is 1. The molecule has 3 aromatic heterocycles. The van der Waals surface area contributed by atoms with Crippen molar-refractivity contribution in [3.8, 4) is 0 Å². The molecule has 3 heteroatoms. The Labute approximate surface area is 131 Å². The van der Waals surface area contributed by atoms with Crippen LogP contribution in [0.2, 0.25) is 0 Å². The van der Waals surface area contributed by atoms with Gasteiger partial charge in [0.15, 0.2) is 0 Å². The molecular weight excluding hydrogens is 270 g/mol. The molecule has 0 saturated carbocycles. The van der Waals surface area contributed by atoms with Gasteiger partial charge in [-0.1, -0.05) is 33.3 Å². The van der Waals surface area contributed by atoms with Crippen molar-refractivity contribution in [2.75, 3.05) is 0 Å². The van der Waals surface area contributed by atoms with Crippen LogP contribution in [0, 0.1) is 5.92 Å². The van der Waals surface area contributed by atoms with Gasteiger partial charge in [-0.3, -0.25) is 0 Å². The molecule has 0 aromatic carbocycles. The highest BCUT2D eigenvalue weighted by Crippen LogP contribution is 2.40. The van der Waals surface area contributed by atoms with Gasteiger partial charge < -0.3 is 14.1 Å². The Balaban J connectivity index is 2.03. The third-order valence-electron chi connectivity index (χ3n) is 5.33. The molecule has 1 aliphatic carbocycles. The van der Waals surface area contributed by atoms with Crippen LogP contribution < -0.4 is 0 Å². The van der Waals surface area contributed by atoms with Crippen LogP contribution in [0.25, 0.3) is 28.1 Å². The fraction of sp³-hybridized carbons (Fsp3) is 0.474. The lowest BCUT2D eigenvalue weighted by atomic mass is 10.0. The van der Waals surface area contributed by atoms with Crippen molar-refractivity contribution >= 4 is 28.1 Å². The molecular formula is C19H25N3. The molecule has 1 N–H and O–H groups in total. The quantitative estimate of drug-likeness (QED) is 0.708. The summed E-state index contributed by atoms with van der Waals surface area (Å²) in [6.07, 6.45) is 3.49. The maximum Gasteiger partial charge on any atom is 0.0913 e. The highest BCUT2D eigenvalue weighted by molar-refractivity contribution is 6.07. The fourth-order valence-corrected chi connectivity index (χ4v) is 4.03. The molecule has 0 amide bonds. The number of nitrogens with one attached hydrogen (secondary N) is 1. The SMILES string of the molecule is CC(C)C1=Cc2c(c3[nH]c4cc(C(C)C)n(C)c4c3n2C)C1. The van der Waals surface area contributed by atoms with Crippen LogP contribution in [0.4, 0.5) is 0 Å². The molecule has 3 nitrogen and oxygen atoms in total. The zero-order valence-corrected chi connectivity index (χ0v) is 14.4. The average Bonchev–Trinajstić information content (AvgIpc) is 3.12. The topological polar surface area (TPSA) is 25.6 Å². The molecule has 1 aliphatic rings. The Kier molecular flexibility index (Phi) is 2.69. The Morgan fingerprint density at radius 3 is 2.36 bits per heavy atom.